The molecule has 1 atom stereocenters. The van der Waals surface area contributed by atoms with Gasteiger partial charge in [0.15, 0.2) is 0 Å². The predicted molar refractivity (Wildman–Crippen MR) is 66.3 cm³/mol. The lowest BCUT2D eigenvalue weighted by atomic mass is 9.91. The maximum atomic E-state index is 3.62. The Kier molecular flexibility index (Phi) is 3.78. The second-order valence-electron chi connectivity index (χ2n) is 4.63. The van der Waals surface area contributed by atoms with Gasteiger partial charge in [-0.2, -0.15) is 0 Å². The van der Waals surface area contributed by atoms with Gasteiger partial charge in [-0.3, -0.25) is 0 Å². The van der Waals surface area contributed by atoms with Gasteiger partial charge in [0.2, 0.25) is 0 Å². The summed E-state index contributed by atoms with van der Waals surface area (Å²) < 4.78 is 0. The van der Waals surface area contributed by atoms with Gasteiger partial charge in [0.25, 0.3) is 0 Å². The number of hydrogen-bond acceptors (Lipinski definition) is 3. The van der Waals surface area contributed by atoms with E-state index in [1.54, 1.807) is 0 Å². The average molecular weight is 224 g/mol. The summed E-state index contributed by atoms with van der Waals surface area (Å²) in [6, 6.07) is 4.30. The zero-order chi connectivity index (χ0) is 10.6. The van der Waals surface area contributed by atoms with Gasteiger partial charge in [-0.1, -0.05) is 12.5 Å². The highest BCUT2D eigenvalue weighted by Gasteiger charge is 2.25. The third kappa shape index (κ3) is 3.30. The summed E-state index contributed by atoms with van der Waals surface area (Å²) in [5.74, 6) is 0. The van der Waals surface area contributed by atoms with Gasteiger partial charge in [0.1, 0.15) is 0 Å². The molecule has 0 aromatic carbocycles. The minimum absolute atomic E-state index is 0.315. The lowest BCUT2D eigenvalue weighted by Gasteiger charge is -2.35. The van der Waals surface area contributed by atoms with Crippen molar-refractivity contribution in [2.75, 3.05) is 13.1 Å². The molecule has 2 heterocycles. The van der Waals surface area contributed by atoms with E-state index in [9.17, 15) is 0 Å². The maximum absolute atomic E-state index is 3.62. The van der Waals surface area contributed by atoms with E-state index in [0.29, 0.717) is 5.54 Å². The minimum Gasteiger partial charge on any atom is -0.310 e. The van der Waals surface area contributed by atoms with Crippen molar-refractivity contribution in [2.45, 2.75) is 38.3 Å². The van der Waals surface area contributed by atoms with Crippen LogP contribution in [0.5, 0.6) is 0 Å². The number of hydrogen-bond donors (Lipinski definition) is 2. The number of thiophene rings is 1. The summed E-state index contributed by atoms with van der Waals surface area (Å²) in [6.45, 7) is 5.59. The first-order valence-corrected chi connectivity index (χ1v) is 6.65. The van der Waals surface area contributed by atoms with Crippen LogP contribution in [0.15, 0.2) is 17.5 Å². The Bertz CT molecular complexity index is 276. The van der Waals surface area contributed by atoms with Crippen LogP contribution in [0.2, 0.25) is 0 Å². The van der Waals surface area contributed by atoms with E-state index >= 15 is 0 Å². The van der Waals surface area contributed by atoms with Gasteiger partial charge in [-0.15, -0.1) is 11.3 Å². The van der Waals surface area contributed by atoms with Crippen molar-refractivity contribution in [3.8, 4) is 0 Å². The fourth-order valence-electron chi connectivity index (χ4n) is 2.14. The molecular weight excluding hydrogens is 204 g/mol. The van der Waals surface area contributed by atoms with E-state index in [4.69, 9.17) is 0 Å². The van der Waals surface area contributed by atoms with E-state index in [0.717, 1.165) is 13.1 Å². The molecule has 84 valence electrons. The molecule has 1 unspecified atom stereocenters. The van der Waals surface area contributed by atoms with Crippen LogP contribution in [0.25, 0.3) is 0 Å². The Morgan fingerprint density at radius 2 is 2.47 bits per heavy atom. The third-order valence-electron chi connectivity index (χ3n) is 3.10. The summed E-state index contributed by atoms with van der Waals surface area (Å²) in [4.78, 5) is 1.43. The highest BCUT2D eigenvalue weighted by atomic mass is 32.1. The second-order valence-corrected chi connectivity index (χ2v) is 5.66. The normalized spacial score (nSPS) is 26.7. The topological polar surface area (TPSA) is 24.1 Å². The zero-order valence-corrected chi connectivity index (χ0v) is 10.2. The van der Waals surface area contributed by atoms with E-state index in [2.05, 4.69) is 35.1 Å². The minimum atomic E-state index is 0.315. The average Bonchev–Trinajstić information content (AvgIpc) is 2.71. The molecule has 2 rings (SSSR count). The molecule has 1 aliphatic heterocycles. The Hall–Kier alpha value is -0.380. The SMILES string of the molecule is CC1(CNCc2cccs2)CCCCN1. The molecule has 1 fully saturated rings. The molecule has 0 spiro atoms. The van der Waals surface area contributed by atoms with Crippen LogP contribution in [0, 0.1) is 0 Å². The van der Waals surface area contributed by atoms with E-state index in [1.165, 1.54) is 30.7 Å². The summed E-state index contributed by atoms with van der Waals surface area (Å²) in [5, 5.41) is 9.30. The molecule has 1 aromatic heterocycles. The van der Waals surface area contributed by atoms with Crippen molar-refractivity contribution in [3.63, 3.8) is 0 Å². The predicted octanol–water partition coefficient (Wildman–Crippen LogP) is 2.37. The largest absolute Gasteiger partial charge is 0.310 e. The molecule has 1 aliphatic rings. The highest BCUT2D eigenvalue weighted by Crippen LogP contribution is 2.18. The standard InChI is InChI=1S/C12H20N2S/c1-12(6-2-3-7-14-12)10-13-9-11-5-4-8-15-11/h4-5,8,13-14H,2-3,6-7,9-10H2,1H3. The molecule has 2 N–H and O–H groups in total. The molecule has 0 saturated carbocycles. The van der Waals surface area contributed by atoms with Crippen molar-refractivity contribution >= 4 is 11.3 Å². The molecule has 0 radical (unpaired) electrons. The van der Waals surface area contributed by atoms with Crippen LogP contribution < -0.4 is 10.6 Å². The molecule has 1 saturated heterocycles. The molecule has 15 heavy (non-hydrogen) atoms. The molecule has 0 amide bonds. The molecule has 2 nitrogen and oxygen atoms in total. The fourth-order valence-corrected chi connectivity index (χ4v) is 2.82. The highest BCUT2D eigenvalue weighted by molar-refractivity contribution is 7.09. The van der Waals surface area contributed by atoms with Crippen molar-refractivity contribution in [2.24, 2.45) is 0 Å². The van der Waals surface area contributed by atoms with E-state index in [1.807, 2.05) is 11.3 Å². The van der Waals surface area contributed by atoms with E-state index < -0.39 is 0 Å². The smallest absolute Gasteiger partial charge is 0.0300 e. The van der Waals surface area contributed by atoms with Crippen molar-refractivity contribution < 1.29 is 0 Å². The first kappa shape index (κ1) is 11.1. The molecular formula is C12H20N2S. The summed E-state index contributed by atoms with van der Waals surface area (Å²) in [5.41, 5.74) is 0.315. The molecule has 0 aliphatic carbocycles. The number of nitrogens with one attached hydrogen (secondary N) is 2. The van der Waals surface area contributed by atoms with E-state index in [-0.39, 0.29) is 0 Å². The first-order valence-electron chi connectivity index (χ1n) is 5.77. The van der Waals surface area contributed by atoms with Crippen molar-refractivity contribution in [1.29, 1.82) is 0 Å². The molecule has 3 heteroatoms. The van der Waals surface area contributed by atoms with Crippen LogP contribution in [0.1, 0.15) is 31.1 Å². The lowest BCUT2D eigenvalue weighted by Crippen LogP contribution is -2.52. The number of piperidine rings is 1. The Balaban J connectivity index is 1.72. The van der Waals surface area contributed by atoms with Gasteiger partial charge in [0, 0.05) is 23.5 Å². The molecule has 0 bridgehead atoms. The van der Waals surface area contributed by atoms with Crippen LogP contribution in [0.4, 0.5) is 0 Å². The van der Waals surface area contributed by atoms with Crippen LogP contribution >= 0.6 is 11.3 Å². The molecule has 1 aromatic rings. The van der Waals surface area contributed by atoms with Crippen molar-refractivity contribution in [3.05, 3.63) is 22.4 Å². The second kappa shape index (κ2) is 5.10. The Morgan fingerprint density at radius 1 is 1.53 bits per heavy atom. The van der Waals surface area contributed by atoms with Gasteiger partial charge < -0.3 is 10.6 Å². The summed E-state index contributed by atoms with van der Waals surface area (Å²) in [7, 11) is 0. The quantitative estimate of drug-likeness (QED) is 0.820. The fraction of sp³-hybridized carbons (Fsp3) is 0.667. The van der Waals surface area contributed by atoms with Gasteiger partial charge in [-0.25, -0.2) is 0 Å². The number of rotatable bonds is 4. The van der Waals surface area contributed by atoms with Gasteiger partial charge in [-0.05, 0) is 37.8 Å². The van der Waals surface area contributed by atoms with Crippen molar-refractivity contribution in [1.82, 2.24) is 10.6 Å². The third-order valence-corrected chi connectivity index (χ3v) is 3.98. The Labute approximate surface area is 96.1 Å². The monoisotopic (exact) mass is 224 g/mol. The summed E-state index contributed by atoms with van der Waals surface area (Å²) >= 11 is 1.83. The van der Waals surface area contributed by atoms with Crippen LogP contribution in [-0.4, -0.2) is 18.6 Å². The lowest BCUT2D eigenvalue weighted by molar-refractivity contribution is 0.267. The Morgan fingerprint density at radius 3 is 3.13 bits per heavy atom. The van der Waals surface area contributed by atoms with Gasteiger partial charge >= 0.3 is 0 Å². The first-order chi connectivity index (χ1) is 7.29. The maximum Gasteiger partial charge on any atom is 0.0300 e. The van der Waals surface area contributed by atoms with Gasteiger partial charge in [0.05, 0.1) is 0 Å². The summed E-state index contributed by atoms with van der Waals surface area (Å²) in [6.07, 6.45) is 4.00. The van der Waals surface area contributed by atoms with Crippen LogP contribution in [0.3, 0.4) is 0 Å². The zero-order valence-electron chi connectivity index (χ0n) is 9.38. The van der Waals surface area contributed by atoms with Crippen LogP contribution in [-0.2, 0) is 6.54 Å².